The highest BCUT2D eigenvalue weighted by Crippen LogP contribution is 2.16. The summed E-state index contributed by atoms with van der Waals surface area (Å²) in [7, 11) is 0. The Kier molecular flexibility index (Phi) is 2.92. The first-order valence-corrected chi connectivity index (χ1v) is 4.13. The van der Waals surface area contributed by atoms with Crippen LogP contribution < -0.4 is 5.73 Å². The van der Waals surface area contributed by atoms with Gasteiger partial charge < -0.3 is 5.73 Å². The van der Waals surface area contributed by atoms with Crippen LogP contribution in [0.1, 0.15) is 24.9 Å². The van der Waals surface area contributed by atoms with Crippen molar-refractivity contribution in [1.82, 2.24) is 0 Å². The van der Waals surface area contributed by atoms with Crippen molar-refractivity contribution in [3.05, 3.63) is 34.9 Å². The van der Waals surface area contributed by atoms with Crippen LogP contribution in [0.5, 0.6) is 0 Å². The van der Waals surface area contributed by atoms with E-state index < -0.39 is 0 Å². The van der Waals surface area contributed by atoms with Gasteiger partial charge in [0.25, 0.3) is 0 Å². The second-order valence-corrected chi connectivity index (χ2v) is 3.00. The Morgan fingerprint density at radius 1 is 1.36 bits per heavy atom. The molecule has 0 saturated carbocycles. The van der Waals surface area contributed by atoms with Gasteiger partial charge >= 0.3 is 0 Å². The molecule has 0 heterocycles. The summed E-state index contributed by atoms with van der Waals surface area (Å²) < 4.78 is 0. The molecule has 0 aromatic heterocycles. The number of hydrogen-bond donors (Lipinski definition) is 1. The maximum Gasteiger partial charge on any atom is 0.0406 e. The van der Waals surface area contributed by atoms with Crippen molar-refractivity contribution in [1.29, 1.82) is 0 Å². The van der Waals surface area contributed by atoms with Crippen molar-refractivity contribution in [3.63, 3.8) is 0 Å². The largest absolute Gasteiger partial charge is 0.324 e. The van der Waals surface area contributed by atoms with Crippen molar-refractivity contribution in [3.8, 4) is 0 Å². The molecule has 2 N–H and O–H groups in total. The van der Waals surface area contributed by atoms with Crippen LogP contribution in [-0.2, 0) is 0 Å². The average molecular weight is 170 g/mol. The summed E-state index contributed by atoms with van der Waals surface area (Å²) >= 11 is 5.72. The van der Waals surface area contributed by atoms with Crippen LogP contribution in [0.2, 0.25) is 5.02 Å². The normalized spacial score (nSPS) is 13.0. The van der Waals surface area contributed by atoms with Crippen molar-refractivity contribution < 1.29 is 0 Å². The summed E-state index contributed by atoms with van der Waals surface area (Å²) in [4.78, 5) is 0. The van der Waals surface area contributed by atoms with E-state index in [9.17, 15) is 0 Å². The summed E-state index contributed by atoms with van der Waals surface area (Å²) in [5.74, 6) is 0. The number of nitrogens with two attached hydrogens (primary N) is 1. The highest BCUT2D eigenvalue weighted by Gasteiger charge is 2.00. The van der Waals surface area contributed by atoms with Gasteiger partial charge in [-0.1, -0.05) is 30.7 Å². The van der Waals surface area contributed by atoms with Gasteiger partial charge in [0.1, 0.15) is 0 Å². The number of hydrogen-bond acceptors (Lipinski definition) is 1. The van der Waals surface area contributed by atoms with E-state index in [1.54, 1.807) is 0 Å². The first-order valence-electron chi connectivity index (χ1n) is 3.75. The van der Waals surface area contributed by atoms with Gasteiger partial charge in [-0.25, -0.2) is 0 Å². The lowest BCUT2D eigenvalue weighted by atomic mass is 10.1. The zero-order valence-electron chi connectivity index (χ0n) is 6.55. The van der Waals surface area contributed by atoms with Gasteiger partial charge in [0.05, 0.1) is 0 Å². The van der Waals surface area contributed by atoms with Crippen molar-refractivity contribution in [2.24, 2.45) is 5.73 Å². The fraction of sp³-hybridized carbons (Fsp3) is 0.333. The monoisotopic (exact) mass is 169 g/mol. The van der Waals surface area contributed by atoms with Gasteiger partial charge in [-0.2, -0.15) is 0 Å². The molecular weight excluding hydrogens is 158 g/mol. The minimum Gasteiger partial charge on any atom is -0.324 e. The minimum absolute atomic E-state index is 0.146. The van der Waals surface area contributed by atoms with E-state index in [1.807, 2.05) is 24.3 Å². The zero-order valence-corrected chi connectivity index (χ0v) is 7.31. The van der Waals surface area contributed by atoms with Crippen LogP contribution in [0, 0.1) is 0 Å². The third kappa shape index (κ3) is 2.21. The van der Waals surface area contributed by atoms with Crippen LogP contribution in [0.4, 0.5) is 0 Å². The molecule has 0 aliphatic carbocycles. The van der Waals surface area contributed by atoms with Crippen LogP contribution in [-0.4, -0.2) is 0 Å². The number of benzene rings is 1. The van der Waals surface area contributed by atoms with Crippen molar-refractivity contribution in [2.75, 3.05) is 0 Å². The molecule has 1 atom stereocenters. The van der Waals surface area contributed by atoms with E-state index >= 15 is 0 Å². The predicted octanol–water partition coefficient (Wildman–Crippen LogP) is 2.75. The molecule has 0 aliphatic rings. The molecule has 0 fully saturated rings. The molecule has 11 heavy (non-hydrogen) atoms. The zero-order chi connectivity index (χ0) is 8.27. The molecule has 0 unspecified atom stereocenters. The highest BCUT2D eigenvalue weighted by molar-refractivity contribution is 6.30. The standard InChI is InChI=1S/C9H12ClN/c1-2-9(11)7-3-5-8(10)6-4-7/h3-6,9H,2,11H2,1H3/t9-/m1/s1. The SMILES string of the molecule is CC[C@@H](N)c1ccc(Cl)cc1. The van der Waals surface area contributed by atoms with Gasteiger partial charge in [-0.15, -0.1) is 0 Å². The molecule has 0 aliphatic heterocycles. The van der Waals surface area contributed by atoms with Gasteiger partial charge in [-0.05, 0) is 24.1 Å². The lowest BCUT2D eigenvalue weighted by molar-refractivity contribution is 0.699. The van der Waals surface area contributed by atoms with Gasteiger partial charge in [-0.3, -0.25) is 0 Å². The van der Waals surface area contributed by atoms with Gasteiger partial charge in [0.15, 0.2) is 0 Å². The molecule has 0 bridgehead atoms. The van der Waals surface area contributed by atoms with E-state index in [0.717, 1.165) is 17.0 Å². The third-order valence-electron chi connectivity index (χ3n) is 1.74. The van der Waals surface area contributed by atoms with Gasteiger partial charge in [0.2, 0.25) is 0 Å². The summed E-state index contributed by atoms with van der Waals surface area (Å²) in [6.07, 6.45) is 0.960. The highest BCUT2D eigenvalue weighted by atomic mass is 35.5. The van der Waals surface area contributed by atoms with E-state index in [2.05, 4.69) is 6.92 Å². The Labute approximate surface area is 72.2 Å². The smallest absolute Gasteiger partial charge is 0.0406 e. The Morgan fingerprint density at radius 2 is 1.91 bits per heavy atom. The van der Waals surface area contributed by atoms with Crippen LogP contribution in [0.15, 0.2) is 24.3 Å². The molecule has 0 amide bonds. The predicted molar refractivity (Wildman–Crippen MR) is 48.7 cm³/mol. The number of halogens is 1. The maximum atomic E-state index is 5.80. The fourth-order valence-corrected chi connectivity index (χ4v) is 1.07. The van der Waals surface area contributed by atoms with Crippen molar-refractivity contribution >= 4 is 11.6 Å². The Morgan fingerprint density at radius 3 is 2.36 bits per heavy atom. The molecule has 0 radical (unpaired) electrons. The Bertz CT molecular complexity index is 218. The summed E-state index contributed by atoms with van der Waals surface area (Å²) in [6, 6.07) is 7.82. The Hall–Kier alpha value is -0.530. The van der Waals surface area contributed by atoms with E-state index in [4.69, 9.17) is 17.3 Å². The third-order valence-corrected chi connectivity index (χ3v) is 1.99. The molecule has 0 saturated heterocycles. The molecule has 1 nitrogen and oxygen atoms in total. The first-order chi connectivity index (χ1) is 5.24. The maximum absolute atomic E-state index is 5.80. The Balaban J connectivity index is 2.81. The quantitative estimate of drug-likeness (QED) is 0.724. The topological polar surface area (TPSA) is 26.0 Å². The average Bonchev–Trinajstić information content (AvgIpc) is 2.05. The summed E-state index contributed by atoms with van der Waals surface area (Å²) in [5, 5.41) is 0.761. The summed E-state index contributed by atoms with van der Waals surface area (Å²) in [6.45, 7) is 2.07. The molecular formula is C9H12ClN. The lowest BCUT2D eigenvalue weighted by Gasteiger charge is -2.07. The number of rotatable bonds is 2. The second kappa shape index (κ2) is 3.74. The summed E-state index contributed by atoms with van der Waals surface area (Å²) in [5.41, 5.74) is 6.95. The van der Waals surface area contributed by atoms with Crippen LogP contribution >= 0.6 is 11.6 Å². The van der Waals surface area contributed by atoms with E-state index in [0.29, 0.717) is 0 Å². The van der Waals surface area contributed by atoms with Gasteiger partial charge in [0, 0.05) is 11.1 Å². The second-order valence-electron chi connectivity index (χ2n) is 2.57. The molecule has 1 aromatic rings. The van der Waals surface area contributed by atoms with E-state index in [1.165, 1.54) is 0 Å². The molecule has 60 valence electrons. The minimum atomic E-state index is 0.146. The molecule has 1 rings (SSSR count). The van der Waals surface area contributed by atoms with Crippen LogP contribution in [0.25, 0.3) is 0 Å². The lowest BCUT2D eigenvalue weighted by Crippen LogP contribution is -2.07. The molecule has 0 spiro atoms. The molecule has 2 heteroatoms. The van der Waals surface area contributed by atoms with Crippen LogP contribution in [0.3, 0.4) is 0 Å². The fourth-order valence-electron chi connectivity index (χ4n) is 0.946. The van der Waals surface area contributed by atoms with E-state index in [-0.39, 0.29) is 6.04 Å². The molecule has 1 aromatic carbocycles. The first kappa shape index (κ1) is 8.57. The van der Waals surface area contributed by atoms with Crippen molar-refractivity contribution in [2.45, 2.75) is 19.4 Å².